The molecule has 0 amide bonds. The van der Waals surface area contributed by atoms with E-state index in [0.29, 0.717) is 12.8 Å². The molecule has 0 radical (unpaired) electrons. The highest BCUT2D eigenvalue weighted by Gasteiger charge is 2.51. The lowest BCUT2D eigenvalue weighted by Gasteiger charge is -2.41. The number of hydrogen-bond acceptors (Lipinski definition) is 12. The second-order valence-electron chi connectivity index (χ2n) is 16.6. The molecule has 6 unspecified atom stereocenters. The fraction of sp³-hybridized carbons (Fsp3) is 0.911. The Morgan fingerprint density at radius 2 is 0.864 bits per heavy atom. The molecule has 6 atom stereocenters. The molecule has 14 heteroatoms. The zero-order valence-corrected chi connectivity index (χ0v) is 37.7. The Hall–Kier alpha value is -1.41. The molecule has 0 aromatic carbocycles. The molecule has 0 saturated heterocycles. The van der Waals surface area contributed by atoms with Crippen LogP contribution in [-0.2, 0) is 32.7 Å². The Bertz CT molecular complexity index is 1090. The summed E-state index contributed by atoms with van der Waals surface area (Å²) >= 11 is 0. The molecule has 1 saturated carbocycles. The number of allylic oxidation sites excluding steroid dienone is 2. The zero-order valence-electron chi connectivity index (χ0n) is 36.8. The van der Waals surface area contributed by atoms with Crippen molar-refractivity contribution < 1.29 is 63.1 Å². The van der Waals surface area contributed by atoms with Gasteiger partial charge in [-0.3, -0.25) is 18.6 Å². The van der Waals surface area contributed by atoms with E-state index < -0.39 is 75.7 Å². The Labute approximate surface area is 356 Å². The van der Waals surface area contributed by atoms with Crippen LogP contribution in [-0.4, -0.2) is 98.3 Å². The van der Waals surface area contributed by atoms with Crippen molar-refractivity contribution in [2.75, 3.05) is 13.2 Å². The second kappa shape index (κ2) is 36.1. The summed E-state index contributed by atoms with van der Waals surface area (Å²) in [5.41, 5.74) is 0. The van der Waals surface area contributed by atoms with Crippen molar-refractivity contribution in [1.29, 1.82) is 0 Å². The fourth-order valence-electron chi connectivity index (χ4n) is 7.28. The third kappa shape index (κ3) is 28.7. The number of hydrogen-bond donors (Lipinski definition) is 6. The number of carbonyl (C=O) groups excluding carboxylic acids is 2. The summed E-state index contributed by atoms with van der Waals surface area (Å²) in [6.07, 6.45) is 24.1. The minimum absolute atomic E-state index is 0.0909. The molecule has 0 heterocycles. The van der Waals surface area contributed by atoms with Crippen LogP contribution in [0, 0.1) is 0 Å². The third-order valence-corrected chi connectivity index (χ3v) is 12.1. The van der Waals surface area contributed by atoms with E-state index in [4.69, 9.17) is 18.5 Å². The van der Waals surface area contributed by atoms with Crippen molar-refractivity contribution in [3.05, 3.63) is 12.2 Å². The van der Waals surface area contributed by atoms with Gasteiger partial charge in [0.2, 0.25) is 0 Å². The normalized spacial score (nSPS) is 22.4. The van der Waals surface area contributed by atoms with Gasteiger partial charge < -0.3 is 39.9 Å². The minimum atomic E-state index is -5.11. The van der Waals surface area contributed by atoms with E-state index in [9.17, 15) is 44.6 Å². The summed E-state index contributed by atoms with van der Waals surface area (Å²) in [5, 5.41) is 50.1. The monoisotopic (exact) mass is 865 g/mol. The van der Waals surface area contributed by atoms with Gasteiger partial charge in [-0.15, -0.1) is 0 Å². The molecule has 59 heavy (non-hydrogen) atoms. The molecule has 348 valence electrons. The van der Waals surface area contributed by atoms with Crippen molar-refractivity contribution in [2.45, 2.75) is 249 Å². The Morgan fingerprint density at radius 3 is 1.29 bits per heavy atom. The number of aliphatic hydroxyl groups excluding tert-OH is 5. The van der Waals surface area contributed by atoms with Gasteiger partial charge in [0.1, 0.15) is 43.2 Å². The van der Waals surface area contributed by atoms with Gasteiger partial charge in [0, 0.05) is 12.8 Å². The summed E-state index contributed by atoms with van der Waals surface area (Å²) < 4.78 is 33.5. The molecule has 1 rings (SSSR count). The van der Waals surface area contributed by atoms with Crippen LogP contribution in [0.1, 0.15) is 206 Å². The van der Waals surface area contributed by atoms with Crippen molar-refractivity contribution in [2.24, 2.45) is 0 Å². The van der Waals surface area contributed by atoms with Crippen LogP contribution in [0.15, 0.2) is 12.2 Å². The molecule has 1 aliphatic rings. The molecule has 0 aromatic heterocycles. The van der Waals surface area contributed by atoms with E-state index in [-0.39, 0.29) is 12.8 Å². The molecular formula is C45H85O13P. The van der Waals surface area contributed by atoms with Crippen molar-refractivity contribution in [3.63, 3.8) is 0 Å². The van der Waals surface area contributed by atoms with Crippen molar-refractivity contribution in [1.82, 2.24) is 0 Å². The number of phosphoric ester groups is 1. The molecule has 0 bridgehead atoms. The van der Waals surface area contributed by atoms with E-state index in [1.165, 1.54) is 109 Å². The SMILES string of the molecule is CCCCCCCCC=CCCCCCCCC(=O)OC(COC(=O)CCCCCCCCCCCCCCCCC)COP(=O)(O)OC1C(O)C(O)C(O)C(O)C1O. The van der Waals surface area contributed by atoms with Crippen LogP contribution >= 0.6 is 7.82 Å². The summed E-state index contributed by atoms with van der Waals surface area (Å²) in [6.45, 7) is 3.30. The summed E-state index contributed by atoms with van der Waals surface area (Å²) in [6, 6.07) is 0. The fourth-order valence-corrected chi connectivity index (χ4v) is 8.26. The number of unbranched alkanes of at least 4 members (excludes halogenated alkanes) is 25. The van der Waals surface area contributed by atoms with Crippen LogP contribution in [0.4, 0.5) is 0 Å². The van der Waals surface area contributed by atoms with Crippen LogP contribution < -0.4 is 0 Å². The summed E-state index contributed by atoms with van der Waals surface area (Å²) in [4.78, 5) is 35.7. The van der Waals surface area contributed by atoms with Gasteiger partial charge in [-0.05, 0) is 38.5 Å². The summed E-state index contributed by atoms with van der Waals surface area (Å²) in [7, 11) is -5.11. The Morgan fingerprint density at radius 1 is 0.508 bits per heavy atom. The van der Waals surface area contributed by atoms with E-state index in [1.54, 1.807) is 0 Å². The summed E-state index contributed by atoms with van der Waals surface area (Å²) in [5.74, 6) is -1.10. The smallest absolute Gasteiger partial charge is 0.462 e. The Kier molecular flexibility index (Phi) is 34.0. The average Bonchev–Trinajstić information content (AvgIpc) is 3.21. The van der Waals surface area contributed by atoms with E-state index in [1.807, 2.05) is 0 Å². The molecule has 0 aromatic rings. The number of ether oxygens (including phenoxy) is 2. The van der Waals surface area contributed by atoms with Crippen LogP contribution in [0.3, 0.4) is 0 Å². The predicted octanol–water partition coefficient (Wildman–Crippen LogP) is 9.06. The highest BCUT2D eigenvalue weighted by molar-refractivity contribution is 7.47. The lowest BCUT2D eigenvalue weighted by atomic mass is 9.85. The minimum Gasteiger partial charge on any atom is -0.462 e. The van der Waals surface area contributed by atoms with E-state index >= 15 is 0 Å². The van der Waals surface area contributed by atoms with Crippen LogP contribution in [0.2, 0.25) is 0 Å². The maximum atomic E-state index is 12.8. The highest BCUT2D eigenvalue weighted by Crippen LogP contribution is 2.47. The molecule has 6 N–H and O–H groups in total. The average molecular weight is 865 g/mol. The number of aliphatic hydroxyl groups is 5. The molecule has 1 aliphatic carbocycles. The highest BCUT2D eigenvalue weighted by atomic mass is 31.2. The maximum Gasteiger partial charge on any atom is 0.472 e. The maximum absolute atomic E-state index is 12.8. The van der Waals surface area contributed by atoms with E-state index in [0.717, 1.165) is 57.8 Å². The first-order valence-corrected chi connectivity index (χ1v) is 25.0. The third-order valence-electron chi connectivity index (χ3n) is 11.1. The molecular weight excluding hydrogens is 779 g/mol. The number of rotatable bonds is 39. The molecule has 0 aliphatic heterocycles. The van der Waals surface area contributed by atoms with Gasteiger partial charge in [0.15, 0.2) is 6.10 Å². The van der Waals surface area contributed by atoms with Crippen molar-refractivity contribution >= 4 is 19.8 Å². The van der Waals surface area contributed by atoms with Gasteiger partial charge in [-0.1, -0.05) is 167 Å². The molecule has 13 nitrogen and oxygen atoms in total. The first kappa shape index (κ1) is 55.6. The van der Waals surface area contributed by atoms with Crippen LogP contribution in [0.5, 0.6) is 0 Å². The topological polar surface area (TPSA) is 210 Å². The zero-order chi connectivity index (χ0) is 43.6. The lowest BCUT2D eigenvalue weighted by Crippen LogP contribution is -2.64. The van der Waals surface area contributed by atoms with Crippen molar-refractivity contribution in [3.8, 4) is 0 Å². The lowest BCUT2D eigenvalue weighted by molar-refractivity contribution is -0.220. The largest absolute Gasteiger partial charge is 0.472 e. The number of carbonyl (C=O) groups is 2. The quantitative estimate of drug-likeness (QED) is 0.0148. The van der Waals surface area contributed by atoms with Gasteiger partial charge in [-0.25, -0.2) is 4.57 Å². The Balaban J connectivity index is 2.45. The number of esters is 2. The van der Waals surface area contributed by atoms with Gasteiger partial charge in [0.25, 0.3) is 0 Å². The first-order valence-electron chi connectivity index (χ1n) is 23.5. The van der Waals surface area contributed by atoms with Gasteiger partial charge >= 0.3 is 19.8 Å². The van der Waals surface area contributed by atoms with Gasteiger partial charge in [0.05, 0.1) is 6.61 Å². The second-order valence-corrected chi connectivity index (χ2v) is 18.0. The predicted molar refractivity (Wildman–Crippen MR) is 231 cm³/mol. The molecule has 0 spiro atoms. The number of phosphoric acid groups is 1. The van der Waals surface area contributed by atoms with E-state index in [2.05, 4.69) is 26.0 Å². The van der Waals surface area contributed by atoms with Crippen LogP contribution in [0.25, 0.3) is 0 Å². The first-order chi connectivity index (χ1) is 28.4. The standard InChI is InChI=1S/C45H85O13P/c1-3-5-7-9-11-13-15-17-19-21-23-25-27-29-31-33-38(46)55-35-37(36-56-59(53,54)58-45-43(51)41(49)40(48)42(50)44(45)52)57-39(47)34-32-30-28-26-24-22-20-18-16-14-12-10-8-6-4-2/h18,20,37,40-45,48-52H,3-17,19,21-36H2,1-2H3,(H,53,54). The van der Waals surface area contributed by atoms with Gasteiger partial charge in [-0.2, -0.15) is 0 Å². The molecule has 1 fully saturated rings.